The highest BCUT2D eigenvalue weighted by molar-refractivity contribution is 5.65. The van der Waals surface area contributed by atoms with Gasteiger partial charge < -0.3 is 5.11 Å². The van der Waals surface area contributed by atoms with Gasteiger partial charge in [-0.1, -0.05) is 39.5 Å². The fraction of sp³-hybridized carbons (Fsp3) is 0.591. The van der Waals surface area contributed by atoms with E-state index in [1.807, 2.05) is 13.0 Å². The van der Waals surface area contributed by atoms with E-state index in [2.05, 4.69) is 48.5 Å². The van der Waals surface area contributed by atoms with E-state index in [0.29, 0.717) is 0 Å². The molecule has 0 spiro atoms. The maximum atomic E-state index is 10.1. The molecule has 0 bridgehead atoms. The second-order valence-corrected chi connectivity index (χ2v) is 6.94. The molecule has 0 aromatic carbocycles. The smallest absolute Gasteiger partial charge is 0.142 e. The molecule has 0 aromatic heterocycles. The zero-order valence-corrected chi connectivity index (χ0v) is 17.1. The van der Waals surface area contributed by atoms with Gasteiger partial charge in [0.05, 0.1) is 6.61 Å². The summed E-state index contributed by atoms with van der Waals surface area (Å²) in [5.41, 5.74) is 8.11. The van der Waals surface area contributed by atoms with Crippen molar-refractivity contribution >= 4 is 6.29 Å². The average Bonchev–Trinajstić information content (AvgIpc) is 2.51. The van der Waals surface area contributed by atoms with E-state index in [-0.39, 0.29) is 6.61 Å². The van der Waals surface area contributed by atoms with Crippen LogP contribution >= 0.6 is 0 Å². The van der Waals surface area contributed by atoms with Gasteiger partial charge in [-0.25, -0.2) is 0 Å². The van der Waals surface area contributed by atoms with Crippen molar-refractivity contribution in [1.29, 1.82) is 0 Å². The Morgan fingerprint density at radius 3 is 1.46 bits per heavy atom. The molecule has 0 aromatic rings. The number of aldehydes is 1. The van der Waals surface area contributed by atoms with E-state index in [0.717, 1.165) is 37.5 Å². The summed E-state index contributed by atoms with van der Waals surface area (Å²) < 4.78 is 0. The molecule has 0 saturated heterocycles. The minimum atomic E-state index is 0.166. The molecule has 2 nitrogen and oxygen atoms in total. The lowest BCUT2D eigenvalue weighted by Crippen LogP contribution is -1.85. The van der Waals surface area contributed by atoms with E-state index < -0.39 is 0 Å². The third kappa shape index (κ3) is 15.5. The lowest BCUT2D eigenvalue weighted by Gasteiger charge is -2.03. The van der Waals surface area contributed by atoms with Crippen LogP contribution in [-0.4, -0.2) is 18.0 Å². The maximum absolute atomic E-state index is 10.1. The predicted molar refractivity (Wildman–Crippen MR) is 107 cm³/mol. The van der Waals surface area contributed by atoms with Crippen molar-refractivity contribution < 1.29 is 9.90 Å². The first-order valence-electron chi connectivity index (χ1n) is 8.79. The number of rotatable bonds is 8. The van der Waals surface area contributed by atoms with Crippen molar-refractivity contribution in [1.82, 2.24) is 0 Å². The molecule has 0 aliphatic heterocycles. The summed E-state index contributed by atoms with van der Waals surface area (Å²) in [6, 6.07) is 0. The van der Waals surface area contributed by atoms with Crippen molar-refractivity contribution in [2.45, 2.75) is 81.1 Å². The van der Waals surface area contributed by atoms with Crippen LogP contribution in [-0.2, 0) is 4.79 Å². The molecule has 0 rings (SSSR count). The van der Waals surface area contributed by atoms with Crippen LogP contribution in [0.25, 0.3) is 0 Å². The minimum absolute atomic E-state index is 0.166. The van der Waals surface area contributed by atoms with Crippen LogP contribution in [0, 0.1) is 0 Å². The minimum Gasteiger partial charge on any atom is -0.392 e. The molecule has 138 valence electrons. The maximum Gasteiger partial charge on any atom is 0.142 e. The quantitative estimate of drug-likeness (QED) is 0.320. The first-order chi connectivity index (χ1) is 11.1. The third-order valence-electron chi connectivity index (χ3n) is 4.29. The summed E-state index contributed by atoms with van der Waals surface area (Å²) in [5.74, 6) is 0. The van der Waals surface area contributed by atoms with Crippen molar-refractivity contribution in [3.63, 3.8) is 0 Å². The summed E-state index contributed by atoms with van der Waals surface area (Å²) in [7, 11) is 0. The van der Waals surface area contributed by atoms with Crippen molar-refractivity contribution in [2.24, 2.45) is 0 Å². The molecule has 24 heavy (non-hydrogen) atoms. The van der Waals surface area contributed by atoms with Crippen LogP contribution in [0.5, 0.6) is 0 Å². The molecule has 0 atom stereocenters. The van der Waals surface area contributed by atoms with E-state index in [9.17, 15) is 4.79 Å². The largest absolute Gasteiger partial charge is 0.392 e. The Kier molecular flexibility index (Phi) is 15.7. The van der Waals surface area contributed by atoms with Gasteiger partial charge in [-0.3, -0.25) is 4.79 Å². The summed E-state index contributed by atoms with van der Waals surface area (Å²) in [4.78, 5) is 10.1. The Labute approximate surface area is 150 Å². The van der Waals surface area contributed by atoms with Gasteiger partial charge in [-0.15, -0.1) is 0 Å². The number of hydrogen-bond donors (Lipinski definition) is 1. The molecule has 0 aliphatic rings. The molecule has 0 saturated carbocycles. The zero-order valence-electron chi connectivity index (χ0n) is 17.1. The molecule has 2 heteroatoms. The number of allylic oxidation sites excluding steroid dienone is 7. The molecular formula is C22H38O2. The Morgan fingerprint density at radius 2 is 1.12 bits per heavy atom. The van der Waals surface area contributed by atoms with E-state index in [1.165, 1.54) is 27.9 Å². The van der Waals surface area contributed by atoms with Gasteiger partial charge in [0.2, 0.25) is 0 Å². The Morgan fingerprint density at radius 1 is 0.708 bits per heavy atom. The van der Waals surface area contributed by atoms with Crippen molar-refractivity contribution in [3.8, 4) is 0 Å². The molecular weight excluding hydrogens is 296 g/mol. The van der Waals surface area contributed by atoms with Crippen LogP contribution in [0.2, 0.25) is 0 Å². The number of hydrogen-bond acceptors (Lipinski definition) is 2. The topological polar surface area (TPSA) is 37.3 Å². The van der Waals surface area contributed by atoms with Crippen LogP contribution in [0.3, 0.4) is 0 Å². The van der Waals surface area contributed by atoms with Crippen LogP contribution in [0.1, 0.15) is 81.1 Å². The fourth-order valence-corrected chi connectivity index (χ4v) is 1.73. The first kappa shape index (κ1) is 24.8. The standard InChI is InChI=1S/C11H20O.C11H18O/c2*1-9(2)11(4)6-5-10(3)7-8-12/h7,12H,5-6,8H2,1-4H3;7-8H,5-6H2,1-4H3. The number of aliphatic hydroxyl groups excluding tert-OH is 1. The number of aliphatic hydroxyl groups is 1. The van der Waals surface area contributed by atoms with Crippen LogP contribution < -0.4 is 0 Å². The average molecular weight is 335 g/mol. The first-order valence-corrected chi connectivity index (χ1v) is 8.79. The van der Waals surface area contributed by atoms with Gasteiger partial charge in [0.15, 0.2) is 0 Å². The van der Waals surface area contributed by atoms with Crippen molar-refractivity contribution in [3.05, 3.63) is 45.6 Å². The monoisotopic (exact) mass is 334 g/mol. The van der Waals surface area contributed by atoms with Gasteiger partial charge in [0, 0.05) is 0 Å². The summed E-state index contributed by atoms with van der Waals surface area (Å²) >= 11 is 0. The molecule has 0 heterocycles. The van der Waals surface area contributed by atoms with E-state index in [1.54, 1.807) is 6.08 Å². The molecule has 0 radical (unpaired) electrons. The third-order valence-corrected chi connectivity index (χ3v) is 4.29. The number of carbonyl (C=O) groups is 1. The van der Waals surface area contributed by atoms with E-state index in [4.69, 9.17) is 5.11 Å². The second-order valence-electron chi connectivity index (χ2n) is 6.94. The highest BCUT2D eigenvalue weighted by atomic mass is 16.2. The zero-order chi connectivity index (χ0) is 19.1. The van der Waals surface area contributed by atoms with Gasteiger partial charge >= 0.3 is 0 Å². The molecule has 1 N–H and O–H groups in total. The van der Waals surface area contributed by atoms with Gasteiger partial charge in [-0.2, -0.15) is 0 Å². The van der Waals surface area contributed by atoms with Gasteiger partial charge in [-0.05, 0) is 87.1 Å². The lowest BCUT2D eigenvalue weighted by atomic mass is 10.0. The number of carbonyl (C=O) groups excluding carboxylic acids is 1. The predicted octanol–water partition coefficient (Wildman–Crippen LogP) is 6.33. The summed E-state index contributed by atoms with van der Waals surface area (Å²) in [6.07, 6.45) is 8.61. The normalized spacial score (nSPS) is 11.4. The van der Waals surface area contributed by atoms with Gasteiger partial charge in [0.1, 0.15) is 6.29 Å². The van der Waals surface area contributed by atoms with Crippen LogP contribution in [0.15, 0.2) is 45.6 Å². The van der Waals surface area contributed by atoms with E-state index >= 15 is 0 Å². The summed E-state index contributed by atoms with van der Waals surface area (Å²) in [6.45, 7) is 17.1. The Bertz CT molecular complexity index is 480. The van der Waals surface area contributed by atoms with Crippen molar-refractivity contribution in [2.75, 3.05) is 6.61 Å². The fourth-order valence-electron chi connectivity index (χ4n) is 1.73. The molecule has 0 aliphatic carbocycles. The highest BCUT2D eigenvalue weighted by Crippen LogP contribution is 2.14. The lowest BCUT2D eigenvalue weighted by molar-refractivity contribution is -0.104. The molecule has 0 amide bonds. The Balaban J connectivity index is 0. The highest BCUT2D eigenvalue weighted by Gasteiger charge is 1.94. The second kappa shape index (κ2) is 15.1. The Hall–Kier alpha value is -1.41. The summed E-state index contributed by atoms with van der Waals surface area (Å²) in [5, 5.41) is 8.62. The van der Waals surface area contributed by atoms with Crippen LogP contribution in [0.4, 0.5) is 0 Å². The SMILES string of the molecule is CC(=CC=O)CCC(C)=C(C)C.CC(=CCO)CCC(C)=C(C)C. The van der Waals surface area contributed by atoms with Gasteiger partial charge in [0.25, 0.3) is 0 Å². The molecule has 0 unspecified atom stereocenters. The molecule has 0 fully saturated rings.